The summed E-state index contributed by atoms with van der Waals surface area (Å²) in [6, 6.07) is 21.1. The van der Waals surface area contributed by atoms with Gasteiger partial charge in [-0.15, -0.1) is 0 Å². The average Bonchev–Trinajstić information content (AvgIpc) is 3.50. The standard InChI is InChI=1S/C27H31N3O2/c1-26(2)17-20(11-14-32-26)19-9-10-23-21(15-19)16-24(30(23)27(18-28)12-13-27)25(31)29(3)22-7-5-4-6-8-22/h4-10,15-16,20,25,31H,11-14,17H2,1-3H3. The molecule has 0 radical (unpaired) electrons. The molecule has 1 aromatic heterocycles. The number of anilines is 1. The van der Waals surface area contributed by atoms with E-state index >= 15 is 0 Å². The first-order valence-corrected chi connectivity index (χ1v) is 11.5. The Morgan fingerprint density at radius 3 is 2.56 bits per heavy atom. The van der Waals surface area contributed by atoms with Crippen LogP contribution in [0.5, 0.6) is 0 Å². The highest BCUT2D eigenvalue weighted by atomic mass is 16.5. The molecule has 1 N–H and O–H groups in total. The van der Waals surface area contributed by atoms with E-state index in [9.17, 15) is 10.4 Å². The number of aliphatic hydroxyl groups is 1. The molecule has 5 nitrogen and oxygen atoms in total. The molecule has 2 fully saturated rings. The number of nitriles is 1. The number of hydrogen-bond donors (Lipinski definition) is 1. The van der Waals surface area contributed by atoms with Gasteiger partial charge in [-0.05, 0) is 81.3 Å². The molecule has 0 bridgehead atoms. The minimum atomic E-state index is -0.846. The predicted octanol–water partition coefficient (Wildman–Crippen LogP) is 5.45. The quantitative estimate of drug-likeness (QED) is 0.548. The fraction of sp³-hybridized carbons (Fsp3) is 0.444. The second kappa shape index (κ2) is 7.65. The zero-order valence-electron chi connectivity index (χ0n) is 19.1. The first kappa shape index (κ1) is 21.1. The van der Waals surface area contributed by atoms with Crippen molar-refractivity contribution in [1.82, 2.24) is 4.57 Å². The molecule has 1 aliphatic carbocycles. The van der Waals surface area contributed by atoms with Crippen LogP contribution in [-0.4, -0.2) is 28.9 Å². The molecule has 2 aromatic carbocycles. The number of fused-ring (bicyclic) bond motifs is 1. The zero-order valence-corrected chi connectivity index (χ0v) is 19.1. The Balaban J connectivity index is 1.58. The molecule has 2 unspecified atom stereocenters. The molecule has 1 aliphatic heterocycles. The number of benzene rings is 2. The van der Waals surface area contributed by atoms with Crippen LogP contribution in [0.1, 0.15) is 62.9 Å². The maximum atomic E-state index is 11.4. The summed E-state index contributed by atoms with van der Waals surface area (Å²) in [6.45, 7) is 5.09. The molecule has 0 amide bonds. The summed E-state index contributed by atoms with van der Waals surface area (Å²) >= 11 is 0. The van der Waals surface area contributed by atoms with Gasteiger partial charge in [-0.2, -0.15) is 5.26 Å². The number of aliphatic hydroxyl groups excluding tert-OH is 1. The molecule has 3 aromatic rings. The molecular weight excluding hydrogens is 398 g/mol. The molecule has 32 heavy (non-hydrogen) atoms. The molecule has 1 saturated heterocycles. The van der Waals surface area contributed by atoms with Crippen molar-refractivity contribution < 1.29 is 9.84 Å². The summed E-state index contributed by atoms with van der Waals surface area (Å²) in [5.41, 5.74) is 3.37. The molecule has 1 saturated carbocycles. The summed E-state index contributed by atoms with van der Waals surface area (Å²) in [5, 5.41) is 22.4. The van der Waals surface area contributed by atoms with Gasteiger partial charge in [0.2, 0.25) is 0 Å². The Morgan fingerprint density at radius 2 is 1.91 bits per heavy atom. The number of para-hydroxylation sites is 1. The van der Waals surface area contributed by atoms with Crippen molar-refractivity contribution in [2.24, 2.45) is 0 Å². The van der Waals surface area contributed by atoms with Crippen molar-refractivity contribution in [3.63, 3.8) is 0 Å². The molecular formula is C27H31N3O2. The molecule has 2 aliphatic rings. The number of hydrogen-bond acceptors (Lipinski definition) is 4. The minimum Gasteiger partial charge on any atom is -0.376 e. The molecule has 2 atom stereocenters. The zero-order chi connectivity index (χ0) is 22.5. The van der Waals surface area contributed by atoms with Gasteiger partial charge in [0.1, 0.15) is 5.54 Å². The van der Waals surface area contributed by atoms with Crippen molar-refractivity contribution in [2.75, 3.05) is 18.6 Å². The Hall–Kier alpha value is -2.81. The van der Waals surface area contributed by atoms with Gasteiger partial charge in [0.15, 0.2) is 6.23 Å². The van der Waals surface area contributed by atoms with Crippen LogP contribution in [0.15, 0.2) is 54.6 Å². The Bertz CT molecular complexity index is 1170. The Labute approximate surface area is 189 Å². The summed E-state index contributed by atoms with van der Waals surface area (Å²) in [5.74, 6) is 0.456. The van der Waals surface area contributed by atoms with Crippen LogP contribution in [0.4, 0.5) is 5.69 Å². The second-order valence-corrected chi connectivity index (χ2v) is 9.98. The fourth-order valence-corrected chi connectivity index (χ4v) is 5.20. The molecule has 2 heterocycles. The maximum Gasteiger partial charge on any atom is 0.168 e. The first-order valence-electron chi connectivity index (χ1n) is 11.5. The third-order valence-corrected chi connectivity index (χ3v) is 7.18. The summed E-state index contributed by atoms with van der Waals surface area (Å²) < 4.78 is 8.00. The largest absolute Gasteiger partial charge is 0.376 e. The highest BCUT2D eigenvalue weighted by Gasteiger charge is 2.48. The van der Waals surface area contributed by atoms with E-state index in [0.717, 1.165) is 54.6 Å². The van der Waals surface area contributed by atoms with Gasteiger partial charge in [0.25, 0.3) is 0 Å². The smallest absolute Gasteiger partial charge is 0.168 e. The van der Waals surface area contributed by atoms with E-state index in [4.69, 9.17) is 4.74 Å². The number of ether oxygens (including phenoxy) is 1. The summed E-state index contributed by atoms with van der Waals surface area (Å²) in [6.07, 6.45) is 2.80. The van der Waals surface area contributed by atoms with Crippen molar-refractivity contribution in [2.45, 2.75) is 62.8 Å². The third kappa shape index (κ3) is 3.58. The van der Waals surface area contributed by atoms with Crippen LogP contribution in [0.25, 0.3) is 10.9 Å². The van der Waals surface area contributed by atoms with Crippen molar-refractivity contribution in [1.29, 1.82) is 5.26 Å². The van der Waals surface area contributed by atoms with E-state index in [2.05, 4.69) is 48.7 Å². The van der Waals surface area contributed by atoms with Gasteiger partial charge in [-0.25, -0.2) is 0 Å². The van der Waals surface area contributed by atoms with Crippen molar-refractivity contribution in [3.8, 4) is 6.07 Å². The van der Waals surface area contributed by atoms with Gasteiger partial charge in [0, 0.05) is 30.2 Å². The SMILES string of the molecule is CN(c1ccccc1)C(O)c1cc2cc(C3CCOC(C)(C)C3)ccc2n1C1(C#N)CC1. The Morgan fingerprint density at radius 1 is 1.16 bits per heavy atom. The van der Waals surface area contributed by atoms with Crippen LogP contribution in [-0.2, 0) is 10.3 Å². The number of aromatic nitrogens is 1. The van der Waals surface area contributed by atoms with Crippen molar-refractivity contribution in [3.05, 3.63) is 65.9 Å². The van der Waals surface area contributed by atoms with E-state index in [0.29, 0.717) is 5.92 Å². The van der Waals surface area contributed by atoms with E-state index < -0.39 is 11.8 Å². The average molecular weight is 430 g/mol. The second-order valence-electron chi connectivity index (χ2n) is 9.98. The topological polar surface area (TPSA) is 61.4 Å². The summed E-state index contributed by atoms with van der Waals surface area (Å²) in [4.78, 5) is 1.86. The van der Waals surface area contributed by atoms with Crippen LogP contribution in [0, 0.1) is 11.3 Å². The van der Waals surface area contributed by atoms with Crippen LogP contribution >= 0.6 is 0 Å². The van der Waals surface area contributed by atoms with E-state index in [-0.39, 0.29) is 5.60 Å². The lowest BCUT2D eigenvalue weighted by atomic mass is 9.83. The molecule has 166 valence electrons. The van der Waals surface area contributed by atoms with Gasteiger partial charge in [-0.3, -0.25) is 0 Å². The maximum absolute atomic E-state index is 11.4. The van der Waals surface area contributed by atoms with Crippen LogP contribution < -0.4 is 4.90 Å². The van der Waals surface area contributed by atoms with Crippen LogP contribution in [0.2, 0.25) is 0 Å². The highest BCUT2D eigenvalue weighted by Crippen LogP contribution is 2.48. The Kier molecular flexibility index (Phi) is 5.03. The lowest BCUT2D eigenvalue weighted by Crippen LogP contribution is -2.32. The fourth-order valence-electron chi connectivity index (χ4n) is 5.20. The number of rotatable bonds is 5. The lowest BCUT2D eigenvalue weighted by molar-refractivity contribution is -0.0592. The van der Waals surface area contributed by atoms with E-state index in [1.807, 2.05) is 42.3 Å². The normalized spacial score (nSPS) is 22.3. The number of nitrogens with zero attached hydrogens (tertiary/aromatic N) is 3. The lowest BCUT2D eigenvalue weighted by Gasteiger charge is -2.35. The third-order valence-electron chi connectivity index (χ3n) is 7.18. The highest BCUT2D eigenvalue weighted by molar-refractivity contribution is 5.83. The van der Waals surface area contributed by atoms with Gasteiger partial charge >= 0.3 is 0 Å². The molecule has 0 spiro atoms. The van der Waals surface area contributed by atoms with E-state index in [1.54, 1.807) is 0 Å². The van der Waals surface area contributed by atoms with E-state index in [1.165, 1.54) is 5.56 Å². The minimum absolute atomic E-state index is 0.109. The molecule has 5 heteroatoms. The summed E-state index contributed by atoms with van der Waals surface area (Å²) in [7, 11) is 1.89. The first-order chi connectivity index (χ1) is 15.3. The molecule has 5 rings (SSSR count). The monoisotopic (exact) mass is 429 g/mol. The van der Waals surface area contributed by atoms with Crippen molar-refractivity contribution >= 4 is 16.6 Å². The van der Waals surface area contributed by atoms with Gasteiger partial charge in [-0.1, -0.05) is 24.3 Å². The van der Waals surface area contributed by atoms with Gasteiger partial charge < -0.3 is 19.3 Å². The van der Waals surface area contributed by atoms with Gasteiger partial charge in [0.05, 0.1) is 17.4 Å². The van der Waals surface area contributed by atoms with Crippen LogP contribution in [0.3, 0.4) is 0 Å². The predicted molar refractivity (Wildman–Crippen MR) is 127 cm³/mol.